The van der Waals surface area contributed by atoms with E-state index in [4.69, 9.17) is 5.73 Å². The first-order valence-electron chi connectivity index (χ1n) is 11.8. The maximum atomic E-state index is 13.3. The van der Waals surface area contributed by atoms with Crippen molar-refractivity contribution in [2.45, 2.75) is 62.4 Å². The summed E-state index contributed by atoms with van der Waals surface area (Å²) < 4.78 is 0. The molecule has 1 saturated carbocycles. The van der Waals surface area contributed by atoms with E-state index in [0.717, 1.165) is 30.4 Å². The lowest BCUT2D eigenvalue weighted by atomic mass is 10.0. The van der Waals surface area contributed by atoms with Crippen molar-refractivity contribution in [1.82, 2.24) is 35.3 Å². The second-order valence-corrected chi connectivity index (χ2v) is 9.93. The van der Waals surface area contributed by atoms with E-state index < -0.39 is 6.04 Å². The number of H-pyrrole nitrogens is 1. The molecule has 2 amide bonds. The van der Waals surface area contributed by atoms with Gasteiger partial charge in [0.1, 0.15) is 6.04 Å². The number of nitrogens with zero attached hydrogens (tertiary/aromatic N) is 7. The van der Waals surface area contributed by atoms with Crippen LogP contribution in [0.2, 0.25) is 0 Å². The number of piperazine rings is 1. The van der Waals surface area contributed by atoms with Crippen LogP contribution in [0.15, 0.2) is 24.3 Å². The van der Waals surface area contributed by atoms with Crippen molar-refractivity contribution in [3.63, 3.8) is 0 Å². The van der Waals surface area contributed by atoms with E-state index in [1.54, 1.807) is 4.90 Å². The van der Waals surface area contributed by atoms with Gasteiger partial charge < -0.3 is 15.5 Å². The number of nitrogens with two attached hydrogens (primary N) is 1. The van der Waals surface area contributed by atoms with Crippen LogP contribution in [0.3, 0.4) is 0 Å². The molecular weight excluding hydrogens is 434 g/mol. The number of nitriles is 1. The van der Waals surface area contributed by atoms with Crippen LogP contribution in [0, 0.1) is 17.2 Å². The number of likely N-dealkylation sites (tertiary alicyclic amines) is 3. The van der Waals surface area contributed by atoms with Crippen molar-refractivity contribution in [2.75, 3.05) is 13.1 Å². The van der Waals surface area contributed by atoms with Crippen molar-refractivity contribution in [3.05, 3.63) is 29.8 Å². The number of piperidine rings is 1. The average Bonchev–Trinajstić information content (AvgIpc) is 3.28. The standard InChI is InChI=1S/C23H27N9O2/c1-12(13-2-4-14(5-3-13)21-26-28-29-27-21)31-17-8-20(23(31)34)30(10-17)11-18(25)22(33)32-16(9-24)6-15-7-19(15)32/h2-5,12,15-20H,6-8,10-11,25H2,1H3,(H,26,27,28,29)/t12-,15-,16+,17-,18+,19?,20-/m1/s1. The van der Waals surface area contributed by atoms with Gasteiger partial charge >= 0.3 is 0 Å². The maximum absolute atomic E-state index is 13.3. The highest BCUT2D eigenvalue weighted by atomic mass is 16.2. The van der Waals surface area contributed by atoms with Gasteiger partial charge in [-0.15, -0.1) is 10.2 Å². The van der Waals surface area contributed by atoms with Crippen LogP contribution in [0.5, 0.6) is 0 Å². The van der Waals surface area contributed by atoms with Crippen molar-refractivity contribution < 1.29 is 9.59 Å². The van der Waals surface area contributed by atoms with Gasteiger partial charge in [0.15, 0.2) is 0 Å². The summed E-state index contributed by atoms with van der Waals surface area (Å²) in [5.41, 5.74) is 8.21. The Morgan fingerprint density at radius 1 is 1.29 bits per heavy atom. The molecule has 1 aromatic heterocycles. The normalized spacial score (nSPS) is 31.4. The highest BCUT2D eigenvalue weighted by molar-refractivity contribution is 5.87. The van der Waals surface area contributed by atoms with Gasteiger partial charge in [0.25, 0.3) is 0 Å². The third-order valence-electron chi connectivity index (χ3n) is 7.98. The van der Waals surface area contributed by atoms with Crippen LogP contribution in [0.1, 0.15) is 37.8 Å². The number of aromatic amines is 1. The fourth-order valence-corrected chi connectivity index (χ4v) is 6.17. The molecule has 3 saturated heterocycles. The molecule has 1 aromatic carbocycles. The molecule has 11 nitrogen and oxygen atoms in total. The SMILES string of the molecule is C[C@H](c1ccc(-c2nn[nH]n2)cc1)N1C(=O)[C@H]2C[C@@H]1CN2C[C@H](N)C(=O)N1C2C[C@H]2C[C@H]1C#N. The number of nitrogens with one attached hydrogen (secondary N) is 1. The second-order valence-electron chi connectivity index (χ2n) is 9.93. The third kappa shape index (κ3) is 3.28. The smallest absolute Gasteiger partial charge is 0.242 e. The van der Waals surface area contributed by atoms with Crippen LogP contribution in [-0.4, -0.2) is 90.4 Å². The van der Waals surface area contributed by atoms with E-state index >= 15 is 0 Å². The molecule has 4 heterocycles. The minimum Gasteiger partial charge on any atom is -0.330 e. The monoisotopic (exact) mass is 461 g/mol. The van der Waals surface area contributed by atoms with Crippen LogP contribution in [0.4, 0.5) is 0 Å². The topological polar surface area (TPSA) is 148 Å². The second kappa shape index (κ2) is 7.85. The van der Waals surface area contributed by atoms with Gasteiger partial charge in [0.05, 0.1) is 24.2 Å². The molecule has 11 heteroatoms. The van der Waals surface area contributed by atoms with Gasteiger partial charge in [0, 0.05) is 30.7 Å². The summed E-state index contributed by atoms with van der Waals surface area (Å²) in [4.78, 5) is 32.0. The highest BCUT2D eigenvalue weighted by Gasteiger charge is 2.56. The number of fused-ring (bicyclic) bond motifs is 3. The van der Waals surface area contributed by atoms with Crippen molar-refractivity contribution in [3.8, 4) is 17.5 Å². The maximum Gasteiger partial charge on any atom is 0.242 e. The molecule has 2 bridgehead atoms. The number of benzene rings is 1. The first-order valence-corrected chi connectivity index (χ1v) is 11.8. The van der Waals surface area contributed by atoms with Crippen molar-refractivity contribution in [2.24, 2.45) is 11.7 Å². The average molecular weight is 462 g/mol. The van der Waals surface area contributed by atoms with Gasteiger partial charge in [-0.3, -0.25) is 14.5 Å². The molecule has 7 atom stereocenters. The lowest BCUT2D eigenvalue weighted by Gasteiger charge is -2.38. The Labute approximate surface area is 196 Å². The third-order valence-corrected chi connectivity index (χ3v) is 7.98. The van der Waals surface area contributed by atoms with Gasteiger partial charge in [-0.05, 0) is 42.9 Å². The zero-order valence-electron chi connectivity index (χ0n) is 18.9. The molecule has 34 heavy (non-hydrogen) atoms. The summed E-state index contributed by atoms with van der Waals surface area (Å²) in [5.74, 6) is 0.924. The molecule has 2 aromatic rings. The molecule has 0 radical (unpaired) electrons. The number of hydrogen-bond donors (Lipinski definition) is 2. The Bertz CT molecular complexity index is 1140. The summed E-state index contributed by atoms with van der Waals surface area (Å²) in [6.07, 6.45) is 2.49. The van der Waals surface area contributed by atoms with E-state index in [2.05, 4.69) is 31.6 Å². The molecule has 0 spiro atoms. The van der Waals surface area contributed by atoms with Crippen molar-refractivity contribution >= 4 is 11.8 Å². The van der Waals surface area contributed by atoms with E-state index in [1.165, 1.54) is 0 Å². The number of hydrogen-bond acceptors (Lipinski definition) is 8. The quantitative estimate of drug-likeness (QED) is 0.613. The number of amides is 2. The number of rotatable bonds is 6. The molecule has 6 rings (SSSR count). The number of aromatic nitrogens is 4. The molecule has 1 aliphatic carbocycles. The van der Waals surface area contributed by atoms with E-state index in [9.17, 15) is 14.9 Å². The van der Waals surface area contributed by atoms with Crippen LogP contribution in [0.25, 0.3) is 11.4 Å². The molecule has 176 valence electrons. The largest absolute Gasteiger partial charge is 0.330 e. The molecule has 4 fully saturated rings. The fourth-order valence-electron chi connectivity index (χ4n) is 6.17. The first-order chi connectivity index (χ1) is 16.5. The lowest BCUT2D eigenvalue weighted by Crippen LogP contribution is -2.57. The first kappa shape index (κ1) is 21.2. The summed E-state index contributed by atoms with van der Waals surface area (Å²) in [6, 6.07) is 9.00. The number of carbonyl (C=O) groups excluding carboxylic acids is 2. The van der Waals surface area contributed by atoms with Crippen molar-refractivity contribution in [1.29, 1.82) is 5.26 Å². The Morgan fingerprint density at radius 2 is 2.09 bits per heavy atom. The zero-order chi connectivity index (χ0) is 23.6. The van der Waals surface area contributed by atoms with Crippen LogP contribution in [-0.2, 0) is 9.59 Å². The molecular formula is C23H27N9O2. The Morgan fingerprint density at radius 3 is 2.76 bits per heavy atom. The lowest BCUT2D eigenvalue weighted by molar-refractivity contribution is -0.141. The van der Waals surface area contributed by atoms with Gasteiger partial charge in [-0.1, -0.05) is 24.3 Å². The molecule has 1 unspecified atom stereocenters. The van der Waals surface area contributed by atoms with Gasteiger partial charge in [0.2, 0.25) is 17.6 Å². The number of carbonyl (C=O) groups is 2. The molecule has 3 aliphatic heterocycles. The number of tetrazole rings is 1. The van der Waals surface area contributed by atoms with Crippen LogP contribution >= 0.6 is 0 Å². The van der Waals surface area contributed by atoms with E-state index in [1.807, 2.05) is 36.1 Å². The van der Waals surface area contributed by atoms with Gasteiger partial charge in [-0.2, -0.15) is 10.5 Å². The molecule has 3 N–H and O–H groups in total. The Balaban J connectivity index is 1.10. The van der Waals surface area contributed by atoms with E-state index in [0.29, 0.717) is 24.8 Å². The minimum absolute atomic E-state index is 0.0629. The van der Waals surface area contributed by atoms with E-state index in [-0.39, 0.29) is 42.0 Å². The summed E-state index contributed by atoms with van der Waals surface area (Å²) in [5, 5.41) is 23.4. The highest BCUT2D eigenvalue weighted by Crippen LogP contribution is 2.48. The summed E-state index contributed by atoms with van der Waals surface area (Å²) >= 11 is 0. The predicted octanol–water partition coefficient (Wildman–Crippen LogP) is 0.0531. The fraction of sp³-hybridized carbons (Fsp3) is 0.565. The van der Waals surface area contributed by atoms with Gasteiger partial charge in [-0.25, -0.2) is 0 Å². The zero-order valence-corrected chi connectivity index (χ0v) is 18.9. The summed E-state index contributed by atoms with van der Waals surface area (Å²) in [7, 11) is 0. The summed E-state index contributed by atoms with van der Waals surface area (Å²) in [6.45, 7) is 3.10. The minimum atomic E-state index is -0.717. The Hall–Kier alpha value is -3.36. The molecule has 4 aliphatic rings. The predicted molar refractivity (Wildman–Crippen MR) is 119 cm³/mol. The van der Waals surface area contributed by atoms with Crippen LogP contribution < -0.4 is 5.73 Å². The Kier molecular flexibility index (Phi) is 4.89.